The molecular formula is C26H18F3N3S. The van der Waals surface area contributed by atoms with Crippen LogP contribution in [0.25, 0.3) is 21.8 Å². The summed E-state index contributed by atoms with van der Waals surface area (Å²) in [5.74, 6) is 0.490. The van der Waals surface area contributed by atoms with Crippen molar-refractivity contribution >= 4 is 45.1 Å². The van der Waals surface area contributed by atoms with Gasteiger partial charge in [-0.1, -0.05) is 53.7 Å². The van der Waals surface area contributed by atoms with Gasteiger partial charge in [0.15, 0.2) is 5.82 Å². The van der Waals surface area contributed by atoms with Crippen LogP contribution < -0.4 is 5.32 Å². The summed E-state index contributed by atoms with van der Waals surface area (Å²) < 4.78 is 38.8. The molecule has 33 heavy (non-hydrogen) atoms. The maximum Gasteiger partial charge on any atom is 0.416 e. The highest BCUT2D eigenvalue weighted by Gasteiger charge is 2.30. The second kappa shape index (κ2) is 8.41. The molecule has 164 valence electrons. The summed E-state index contributed by atoms with van der Waals surface area (Å²) >= 11 is 1.46. The van der Waals surface area contributed by atoms with Crippen molar-refractivity contribution in [2.75, 3.05) is 5.32 Å². The molecule has 7 heteroatoms. The third-order valence-corrected chi connectivity index (χ3v) is 6.15. The van der Waals surface area contributed by atoms with Gasteiger partial charge in [-0.15, -0.1) is 0 Å². The SMILES string of the molecule is Cc1cccc(Sc2nc3cc4ccccc4cc3nc2Nc2ccc(C(F)(F)F)cc2)c1. The number of nitrogens with zero attached hydrogens (tertiary/aromatic N) is 2. The quantitative estimate of drug-likeness (QED) is 0.275. The highest BCUT2D eigenvalue weighted by atomic mass is 32.2. The van der Waals surface area contributed by atoms with Gasteiger partial charge in [0, 0.05) is 10.6 Å². The zero-order valence-corrected chi connectivity index (χ0v) is 18.3. The summed E-state index contributed by atoms with van der Waals surface area (Å²) in [6.07, 6.45) is -4.38. The van der Waals surface area contributed by atoms with Crippen LogP contribution in [0.3, 0.4) is 0 Å². The first-order valence-corrected chi connectivity index (χ1v) is 11.1. The number of nitrogens with one attached hydrogen (secondary N) is 1. The summed E-state index contributed by atoms with van der Waals surface area (Å²) in [7, 11) is 0. The van der Waals surface area contributed by atoms with Crippen LogP contribution in [0.1, 0.15) is 11.1 Å². The standard InChI is InChI=1S/C26H18F3N3S/c1-16-5-4-8-21(13-16)33-25-24(30-20-11-9-19(10-12-20)26(27,28)29)31-22-14-17-6-2-3-7-18(17)15-23(22)32-25/h2-15H,1H3,(H,30,31). The highest BCUT2D eigenvalue weighted by Crippen LogP contribution is 2.36. The van der Waals surface area contributed by atoms with Crippen molar-refractivity contribution in [3.05, 3.63) is 96.1 Å². The number of halogens is 3. The molecule has 0 radical (unpaired) electrons. The molecule has 0 saturated carbocycles. The first-order chi connectivity index (χ1) is 15.8. The normalized spacial score (nSPS) is 11.8. The number of benzene rings is 4. The van der Waals surface area contributed by atoms with Gasteiger partial charge in [0.25, 0.3) is 0 Å². The van der Waals surface area contributed by atoms with Crippen LogP contribution in [0.2, 0.25) is 0 Å². The summed E-state index contributed by atoms with van der Waals surface area (Å²) in [5.41, 5.74) is 2.39. The van der Waals surface area contributed by atoms with Crippen LogP contribution in [0.4, 0.5) is 24.7 Å². The third kappa shape index (κ3) is 4.64. The Bertz CT molecular complexity index is 1460. The van der Waals surface area contributed by atoms with E-state index in [2.05, 4.69) is 11.4 Å². The topological polar surface area (TPSA) is 37.8 Å². The van der Waals surface area contributed by atoms with E-state index in [1.54, 1.807) is 0 Å². The van der Waals surface area contributed by atoms with Crippen molar-refractivity contribution in [3.8, 4) is 0 Å². The van der Waals surface area contributed by atoms with Crippen molar-refractivity contribution in [2.24, 2.45) is 0 Å². The van der Waals surface area contributed by atoms with E-state index in [-0.39, 0.29) is 0 Å². The van der Waals surface area contributed by atoms with Gasteiger partial charge in [-0.2, -0.15) is 13.2 Å². The molecule has 0 bridgehead atoms. The van der Waals surface area contributed by atoms with E-state index >= 15 is 0 Å². The van der Waals surface area contributed by atoms with Gasteiger partial charge in [-0.05, 0) is 66.2 Å². The zero-order valence-electron chi connectivity index (χ0n) is 17.5. The Hall–Kier alpha value is -3.58. The number of rotatable bonds is 4. The predicted octanol–water partition coefficient (Wildman–Crippen LogP) is 8.01. The second-order valence-corrected chi connectivity index (χ2v) is 8.75. The molecule has 5 aromatic rings. The predicted molar refractivity (Wildman–Crippen MR) is 127 cm³/mol. The number of fused-ring (bicyclic) bond motifs is 2. The van der Waals surface area contributed by atoms with Gasteiger partial charge < -0.3 is 5.32 Å². The van der Waals surface area contributed by atoms with Crippen LogP contribution >= 0.6 is 11.8 Å². The van der Waals surface area contributed by atoms with Gasteiger partial charge in [0.05, 0.1) is 16.6 Å². The Morgan fingerprint density at radius 3 is 2.06 bits per heavy atom. The molecule has 0 aliphatic rings. The van der Waals surface area contributed by atoms with Crippen molar-refractivity contribution in [1.29, 1.82) is 0 Å². The number of hydrogen-bond acceptors (Lipinski definition) is 4. The molecule has 1 N–H and O–H groups in total. The van der Waals surface area contributed by atoms with E-state index in [0.29, 0.717) is 22.0 Å². The molecule has 1 heterocycles. The number of aromatic nitrogens is 2. The van der Waals surface area contributed by atoms with Crippen molar-refractivity contribution in [2.45, 2.75) is 23.0 Å². The van der Waals surface area contributed by atoms with Gasteiger partial charge in [0.2, 0.25) is 0 Å². The molecule has 4 aromatic carbocycles. The van der Waals surface area contributed by atoms with Crippen LogP contribution in [-0.2, 0) is 6.18 Å². The Kier molecular flexibility index (Phi) is 5.42. The maximum atomic E-state index is 12.9. The van der Waals surface area contributed by atoms with Gasteiger partial charge >= 0.3 is 6.18 Å². The highest BCUT2D eigenvalue weighted by molar-refractivity contribution is 7.99. The lowest BCUT2D eigenvalue weighted by Crippen LogP contribution is -2.05. The molecule has 0 aliphatic carbocycles. The van der Waals surface area contributed by atoms with Gasteiger partial charge in [0.1, 0.15) is 5.03 Å². The molecule has 0 aliphatic heterocycles. The van der Waals surface area contributed by atoms with Crippen LogP contribution in [0, 0.1) is 6.92 Å². The van der Waals surface area contributed by atoms with Gasteiger partial charge in [-0.25, -0.2) is 9.97 Å². The average molecular weight is 462 g/mol. The summed E-state index contributed by atoms with van der Waals surface area (Å²) in [6, 6.07) is 24.9. The van der Waals surface area contributed by atoms with Gasteiger partial charge in [-0.3, -0.25) is 0 Å². The first-order valence-electron chi connectivity index (χ1n) is 10.2. The lowest BCUT2D eigenvalue weighted by atomic mass is 10.1. The van der Waals surface area contributed by atoms with E-state index in [0.717, 1.165) is 38.9 Å². The number of aryl methyl sites for hydroxylation is 1. The average Bonchev–Trinajstić information content (AvgIpc) is 2.78. The second-order valence-electron chi connectivity index (χ2n) is 7.68. The van der Waals surface area contributed by atoms with Crippen molar-refractivity contribution < 1.29 is 13.2 Å². The molecule has 0 spiro atoms. The molecule has 0 saturated heterocycles. The minimum Gasteiger partial charge on any atom is -0.338 e. The Morgan fingerprint density at radius 2 is 1.42 bits per heavy atom. The Balaban J connectivity index is 1.59. The molecule has 0 unspecified atom stereocenters. The van der Waals surface area contributed by atoms with E-state index in [4.69, 9.17) is 9.97 Å². The van der Waals surface area contributed by atoms with Crippen LogP contribution in [0.5, 0.6) is 0 Å². The number of anilines is 2. The smallest absolute Gasteiger partial charge is 0.338 e. The van der Waals surface area contributed by atoms with E-state index in [9.17, 15) is 13.2 Å². The zero-order chi connectivity index (χ0) is 23.0. The molecule has 3 nitrogen and oxygen atoms in total. The molecule has 1 aromatic heterocycles. The fourth-order valence-corrected chi connectivity index (χ4v) is 4.50. The third-order valence-electron chi connectivity index (χ3n) is 5.18. The van der Waals surface area contributed by atoms with Crippen LogP contribution in [-0.4, -0.2) is 9.97 Å². The van der Waals surface area contributed by atoms with E-state index < -0.39 is 11.7 Å². The summed E-state index contributed by atoms with van der Waals surface area (Å²) in [4.78, 5) is 10.7. The molecule has 0 fully saturated rings. The maximum absolute atomic E-state index is 12.9. The van der Waals surface area contributed by atoms with E-state index in [1.165, 1.54) is 23.9 Å². The largest absolute Gasteiger partial charge is 0.416 e. The fraction of sp³-hybridized carbons (Fsp3) is 0.0769. The lowest BCUT2D eigenvalue weighted by Gasteiger charge is -2.13. The molecule has 5 rings (SSSR count). The van der Waals surface area contributed by atoms with Crippen LogP contribution in [0.15, 0.2) is 94.9 Å². The lowest BCUT2D eigenvalue weighted by molar-refractivity contribution is -0.137. The molecule has 0 amide bonds. The Morgan fingerprint density at radius 1 is 0.758 bits per heavy atom. The first kappa shape index (κ1) is 21.3. The molecular weight excluding hydrogens is 443 g/mol. The summed E-state index contributed by atoms with van der Waals surface area (Å²) in [6.45, 7) is 2.02. The minimum absolute atomic E-state index is 0.490. The van der Waals surface area contributed by atoms with Crippen molar-refractivity contribution in [3.63, 3.8) is 0 Å². The summed E-state index contributed by atoms with van der Waals surface area (Å²) in [5, 5.41) is 5.91. The van der Waals surface area contributed by atoms with Crippen molar-refractivity contribution in [1.82, 2.24) is 9.97 Å². The molecule has 0 atom stereocenters. The number of hydrogen-bond donors (Lipinski definition) is 1. The fourth-order valence-electron chi connectivity index (χ4n) is 3.55. The number of alkyl halides is 3. The monoisotopic (exact) mass is 461 g/mol. The van der Waals surface area contributed by atoms with E-state index in [1.807, 2.05) is 61.5 Å². The minimum atomic E-state index is -4.38. The Labute approximate surface area is 192 Å².